The Hall–Kier alpha value is -2.81. The fourth-order valence-electron chi connectivity index (χ4n) is 4.01. The molecule has 1 aliphatic heterocycles. The highest BCUT2D eigenvalue weighted by molar-refractivity contribution is 5.97. The van der Waals surface area contributed by atoms with Crippen molar-refractivity contribution in [2.45, 2.75) is 32.7 Å². The summed E-state index contributed by atoms with van der Waals surface area (Å²) in [4.78, 5) is 15.4. The zero-order valence-electron chi connectivity index (χ0n) is 16.0. The molecule has 0 bridgehead atoms. The molecule has 3 heteroatoms. The lowest BCUT2D eigenvalue weighted by atomic mass is 9.99. The van der Waals surface area contributed by atoms with Gasteiger partial charge in [-0.2, -0.15) is 0 Å². The number of carbonyl (C=O) groups is 1. The molecule has 4 rings (SSSR count). The van der Waals surface area contributed by atoms with E-state index >= 15 is 0 Å². The van der Waals surface area contributed by atoms with Gasteiger partial charge in [-0.25, -0.2) is 0 Å². The summed E-state index contributed by atoms with van der Waals surface area (Å²) in [6.07, 6.45) is 2.46. The smallest absolute Gasteiger partial charge is 0.252 e. The number of amides is 1. The van der Waals surface area contributed by atoms with Crippen molar-refractivity contribution in [1.29, 1.82) is 0 Å². The maximum atomic E-state index is 13.0. The van der Waals surface area contributed by atoms with Crippen molar-refractivity contribution in [2.75, 3.05) is 18.0 Å². The summed E-state index contributed by atoms with van der Waals surface area (Å²) in [5.41, 5.74) is 4.09. The van der Waals surface area contributed by atoms with Gasteiger partial charge in [0.15, 0.2) is 0 Å². The lowest BCUT2D eigenvalue weighted by Gasteiger charge is -2.21. The van der Waals surface area contributed by atoms with Crippen molar-refractivity contribution in [3.05, 3.63) is 77.4 Å². The molecule has 1 unspecified atom stereocenters. The SMILES string of the molecule is Cc1ccc(N2CCCC2)cc1C(=O)NC(C)c1cccc2ccccc12. The molecule has 1 aliphatic rings. The molecule has 1 saturated heterocycles. The highest BCUT2D eigenvalue weighted by Gasteiger charge is 2.18. The molecule has 27 heavy (non-hydrogen) atoms. The van der Waals surface area contributed by atoms with Gasteiger partial charge in [-0.05, 0) is 60.7 Å². The summed E-state index contributed by atoms with van der Waals surface area (Å²) in [5.74, 6) is -0.00557. The fourth-order valence-corrected chi connectivity index (χ4v) is 4.01. The minimum Gasteiger partial charge on any atom is -0.372 e. The monoisotopic (exact) mass is 358 g/mol. The van der Waals surface area contributed by atoms with E-state index in [0.29, 0.717) is 0 Å². The van der Waals surface area contributed by atoms with Crippen molar-refractivity contribution in [2.24, 2.45) is 0 Å². The lowest BCUT2D eigenvalue weighted by Crippen LogP contribution is -2.28. The summed E-state index contributed by atoms with van der Waals surface area (Å²) in [7, 11) is 0. The topological polar surface area (TPSA) is 32.3 Å². The van der Waals surface area contributed by atoms with Crippen molar-refractivity contribution in [3.8, 4) is 0 Å². The first-order valence-corrected chi connectivity index (χ1v) is 9.77. The zero-order valence-corrected chi connectivity index (χ0v) is 16.0. The van der Waals surface area contributed by atoms with Crippen LogP contribution in [-0.4, -0.2) is 19.0 Å². The van der Waals surface area contributed by atoms with E-state index in [-0.39, 0.29) is 11.9 Å². The summed E-state index contributed by atoms with van der Waals surface area (Å²) >= 11 is 0. The third kappa shape index (κ3) is 3.55. The Labute approximate surface area is 161 Å². The Morgan fingerprint density at radius 3 is 2.56 bits per heavy atom. The third-order valence-corrected chi connectivity index (χ3v) is 5.57. The number of rotatable bonds is 4. The molecule has 1 N–H and O–H groups in total. The van der Waals surface area contributed by atoms with Crippen LogP contribution in [0.5, 0.6) is 0 Å². The van der Waals surface area contributed by atoms with Crippen LogP contribution in [0, 0.1) is 6.92 Å². The number of anilines is 1. The van der Waals surface area contributed by atoms with Crippen molar-refractivity contribution in [1.82, 2.24) is 5.32 Å². The van der Waals surface area contributed by atoms with Crippen LogP contribution in [0.3, 0.4) is 0 Å². The van der Waals surface area contributed by atoms with Gasteiger partial charge in [-0.3, -0.25) is 4.79 Å². The van der Waals surface area contributed by atoms with Gasteiger partial charge in [0, 0.05) is 24.3 Å². The largest absolute Gasteiger partial charge is 0.372 e. The zero-order chi connectivity index (χ0) is 18.8. The van der Waals surface area contributed by atoms with E-state index in [1.807, 2.05) is 25.1 Å². The first kappa shape index (κ1) is 17.6. The molecule has 0 saturated carbocycles. The van der Waals surface area contributed by atoms with E-state index in [2.05, 4.69) is 59.6 Å². The second kappa shape index (κ2) is 7.43. The highest BCUT2D eigenvalue weighted by atomic mass is 16.1. The molecule has 3 aromatic rings. The van der Waals surface area contributed by atoms with Gasteiger partial charge in [0.25, 0.3) is 5.91 Å². The van der Waals surface area contributed by atoms with Crippen LogP contribution in [0.25, 0.3) is 10.8 Å². The maximum absolute atomic E-state index is 13.0. The van der Waals surface area contributed by atoms with Gasteiger partial charge in [0.1, 0.15) is 0 Å². The molecule has 0 spiro atoms. The Balaban J connectivity index is 1.59. The van der Waals surface area contributed by atoms with Gasteiger partial charge in [0.2, 0.25) is 0 Å². The number of benzene rings is 3. The van der Waals surface area contributed by atoms with E-state index in [0.717, 1.165) is 35.5 Å². The Morgan fingerprint density at radius 1 is 1.00 bits per heavy atom. The molecule has 0 aromatic heterocycles. The van der Waals surface area contributed by atoms with Crippen molar-refractivity contribution in [3.63, 3.8) is 0 Å². The quantitative estimate of drug-likeness (QED) is 0.692. The molecule has 138 valence electrons. The standard InChI is InChI=1S/C24H26N2O/c1-17-12-13-20(26-14-5-6-15-26)16-23(17)24(27)25-18(2)21-11-7-9-19-8-3-4-10-22(19)21/h3-4,7-13,16,18H,5-6,14-15H2,1-2H3,(H,25,27). The van der Waals surface area contributed by atoms with Gasteiger partial charge in [-0.15, -0.1) is 0 Å². The predicted molar refractivity (Wildman–Crippen MR) is 112 cm³/mol. The lowest BCUT2D eigenvalue weighted by molar-refractivity contribution is 0.0939. The van der Waals surface area contributed by atoms with Gasteiger partial charge < -0.3 is 10.2 Å². The average Bonchev–Trinajstić information content (AvgIpc) is 3.22. The maximum Gasteiger partial charge on any atom is 0.252 e. The number of hydrogen-bond acceptors (Lipinski definition) is 2. The summed E-state index contributed by atoms with van der Waals surface area (Å²) < 4.78 is 0. The van der Waals surface area contributed by atoms with Crippen LogP contribution in [0.4, 0.5) is 5.69 Å². The number of nitrogens with zero attached hydrogens (tertiary/aromatic N) is 1. The summed E-state index contributed by atoms with van der Waals surface area (Å²) in [6, 6.07) is 20.8. The number of carbonyl (C=O) groups excluding carboxylic acids is 1. The van der Waals surface area contributed by atoms with E-state index < -0.39 is 0 Å². The predicted octanol–water partition coefficient (Wildman–Crippen LogP) is 5.24. The molecule has 1 atom stereocenters. The average molecular weight is 358 g/mol. The molecule has 1 heterocycles. The van der Waals surface area contributed by atoms with Gasteiger partial charge in [0.05, 0.1) is 6.04 Å². The Kier molecular flexibility index (Phi) is 4.85. The van der Waals surface area contributed by atoms with E-state index in [4.69, 9.17) is 0 Å². The Morgan fingerprint density at radius 2 is 1.74 bits per heavy atom. The first-order valence-electron chi connectivity index (χ1n) is 9.77. The highest BCUT2D eigenvalue weighted by Crippen LogP contribution is 2.26. The van der Waals surface area contributed by atoms with Gasteiger partial charge in [-0.1, -0.05) is 48.5 Å². The molecule has 0 radical (unpaired) electrons. The molecular weight excluding hydrogens is 332 g/mol. The molecule has 3 aromatic carbocycles. The van der Waals surface area contributed by atoms with Crippen LogP contribution in [0.1, 0.15) is 47.3 Å². The van der Waals surface area contributed by atoms with E-state index in [9.17, 15) is 4.79 Å². The van der Waals surface area contributed by atoms with Crippen LogP contribution >= 0.6 is 0 Å². The Bertz CT molecular complexity index is 968. The molecule has 1 fully saturated rings. The molecule has 1 amide bonds. The number of nitrogens with one attached hydrogen (secondary N) is 1. The van der Waals surface area contributed by atoms with E-state index in [1.54, 1.807) is 0 Å². The normalized spacial score (nSPS) is 15.1. The molecule has 0 aliphatic carbocycles. The third-order valence-electron chi connectivity index (χ3n) is 5.57. The van der Waals surface area contributed by atoms with Crippen LogP contribution in [0.15, 0.2) is 60.7 Å². The second-order valence-corrected chi connectivity index (χ2v) is 7.46. The van der Waals surface area contributed by atoms with Crippen LogP contribution < -0.4 is 10.2 Å². The fraction of sp³-hybridized carbons (Fsp3) is 0.292. The van der Waals surface area contributed by atoms with E-state index in [1.165, 1.54) is 23.6 Å². The summed E-state index contributed by atoms with van der Waals surface area (Å²) in [6.45, 7) is 6.22. The second-order valence-electron chi connectivity index (χ2n) is 7.46. The number of hydrogen-bond donors (Lipinski definition) is 1. The van der Waals surface area contributed by atoms with Crippen LogP contribution in [-0.2, 0) is 0 Å². The number of fused-ring (bicyclic) bond motifs is 1. The minimum atomic E-state index is -0.0570. The van der Waals surface area contributed by atoms with Gasteiger partial charge >= 0.3 is 0 Å². The number of aryl methyl sites for hydroxylation is 1. The molecule has 3 nitrogen and oxygen atoms in total. The minimum absolute atomic E-state index is 0.00557. The van der Waals surface area contributed by atoms with Crippen molar-refractivity contribution < 1.29 is 4.79 Å². The summed E-state index contributed by atoms with van der Waals surface area (Å²) in [5, 5.41) is 5.59. The van der Waals surface area contributed by atoms with Crippen molar-refractivity contribution >= 4 is 22.4 Å². The molecular formula is C24H26N2O. The first-order chi connectivity index (χ1) is 13.1. The van der Waals surface area contributed by atoms with Crippen LogP contribution in [0.2, 0.25) is 0 Å².